The van der Waals surface area contributed by atoms with Crippen molar-refractivity contribution >= 4 is 52.7 Å². The van der Waals surface area contributed by atoms with Crippen molar-refractivity contribution in [3.63, 3.8) is 0 Å². The lowest BCUT2D eigenvalue weighted by molar-refractivity contribution is -0.136. The van der Waals surface area contributed by atoms with Crippen LogP contribution in [0.25, 0.3) is 0 Å². The Morgan fingerprint density at radius 1 is 1.00 bits per heavy atom. The van der Waals surface area contributed by atoms with E-state index >= 15 is 0 Å². The molecular weight excluding hydrogens is 431 g/mol. The first-order valence-corrected chi connectivity index (χ1v) is 8.91. The molecule has 150 valence electrons. The fourth-order valence-electron chi connectivity index (χ4n) is 1.81. The lowest BCUT2D eigenvalue weighted by Gasteiger charge is -2.07. The predicted octanol–water partition coefficient (Wildman–Crippen LogP) is 3.10. The molecule has 11 heteroatoms. The number of carbonyl (C=O) groups is 3. The molecule has 28 heavy (non-hydrogen) atoms. The number of carboxylic acid groups (broad SMARTS) is 1. The van der Waals surface area contributed by atoms with Crippen molar-refractivity contribution in [3.8, 4) is 0 Å². The van der Waals surface area contributed by atoms with Crippen molar-refractivity contribution < 1.29 is 19.5 Å². The molecule has 0 atom stereocenters. The number of nitrogens with two attached hydrogens (primary N) is 1. The number of nitrogens with zero attached hydrogens (tertiary/aromatic N) is 1. The summed E-state index contributed by atoms with van der Waals surface area (Å²) in [5, 5.41) is 14.3. The molecule has 0 saturated carbocycles. The minimum atomic E-state index is -0.948. The van der Waals surface area contributed by atoms with E-state index in [0.29, 0.717) is 11.6 Å². The Hall–Kier alpha value is -2.55. The van der Waals surface area contributed by atoms with Crippen LogP contribution in [-0.4, -0.2) is 34.5 Å². The third-order valence-corrected chi connectivity index (χ3v) is 4.06. The van der Waals surface area contributed by atoms with E-state index in [9.17, 15) is 14.4 Å². The topological polar surface area (TPSA) is 134 Å². The summed E-state index contributed by atoms with van der Waals surface area (Å²) in [5.41, 5.74) is 5.90. The van der Waals surface area contributed by atoms with E-state index in [0.717, 1.165) is 5.56 Å². The number of carboxylic acids is 1. The average molecular weight is 448 g/mol. The quantitative estimate of drug-likeness (QED) is 0.540. The first-order chi connectivity index (χ1) is 13.2. The maximum absolute atomic E-state index is 11.3. The molecule has 2 rings (SSSR count). The lowest BCUT2D eigenvalue weighted by atomic mass is 10.2. The van der Waals surface area contributed by atoms with Gasteiger partial charge in [0.25, 0.3) is 5.91 Å². The summed E-state index contributed by atoms with van der Waals surface area (Å²) in [4.78, 5) is 35.8. The van der Waals surface area contributed by atoms with Gasteiger partial charge in [-0.2, -0.15) is 0 Å². The number of benzene rings is 1. The molecule has 1 aromatic heterocycles. The number of aliphatic carboxylic acids is 1. The van der Waals surface area contributed by atoms with Gasteiger partial charge in [-0.05, 0) is 11.6 Å². The van der Waals surface area contributed by atoms with Crippen LogP contribution in [0.5, 0.6) is 0 Å². The number of hydrogen-bond donors (Lipinski definition) is 4. The van der Waals surface area contributed by atoms with Crippen molar-refractivity contribution in [1.82, 2.24) is 15.6 Å². The number of rotatable bonds is 6. The van der Waals surface area contributed by atoms with E-state index in [2.05, 4.69) is 15.6 Å². The average Bonchev–Trinajstić information content (AvgIpc) is 2.61. The van der Waals surface area contributed by atoms with E-state index in [4.69, 9.17) is 45.6 Å². The van der Waals surface area contributed by atoms with Crippen LogP contribution >= 0.6 is 34.8 Å². The van der Waals surface area contributed by atoms with Crippen LogP contribution in [0.1, 0.15) is 22.3 Å². The van der Waals surface area contributed by atoms with Gasteiger partial charge in [-0.15, -0.1) is 0 Å². The number of nitrogens with one attached hydrogen (secondary N) is 2. The van der Waals surface area contributed by atoms with Crippen LogP contribution in [0.15, 0.2) is 36.7 Å². The van der Waals surface area contributed by atoms with Crippen LogP contribution in [0.3, 0.4) is 0 Å². The highest BCUT2D eigenvalue weighted by Crippen LogP contribution is 2.21. The molecule has 0 unspecified atom stereocenters. The van der Waals surface area contributed by atoms with Crippen molar-refractivity contribution in [2.24, 2.45) is 5.73 Å². The molecule has 0 fully saturated rings. The van der Waals surface area contributed by atoms with Gasteiger partial charge in [-0.25, -0.2) is 4.79 Å². The van der Waals surface area contributed by atoms with Gasteiger partial charge in [0.1, 0.15) is 0 Å². The highest BCUT2D eigenvalue weighted by atomic mass is 35.5. The summed E-state index contributed by atoms with van der Waals surface area (Å²) < 4.78 is 0. The maximum Gasteiger partial charge on any atom is 0.315 e. The second-order valence-electron chi connectivity index (χ2n) is 5.19. The number of hydrogen-bond acceptors (Lipinski definition) is 4. The SMILES string of the molecule is NC(=O)c1c(Cl)cncc1Cl.O=C(O)CCNC(=O)NCc1ccccc1Cl. The summed E-state index contributed by atoms with van der Waals surface area (Å²) in [6.45, 7) is 0.405. The normalized spacial score (nSPS) is 9.68. The first kappa shape index (κ1) is 23.5. The third-order valence-electron chi connectivity index (χ3n) is 3.12. The molecule has 5 N–H and O–H groups in total. The first-order valence-electron chi connectivity index (χ1n) is 7.78. The van der Waals surface area contributed by atoms with E-state index in [1.54, 1.807) is 18.2 Å². The number of urea groups is 1. The van der Waals surface area contributed by atoms with Gasteiger partial charge in [0.15, 0.2) is 0 Å². The Labute approximate surface area is 176 Å². The van der Waals surface area contributed by atoms with Gasteiger partial charge in [0.05, 0.1) is 22.0 Å². The standard InChI is InChI=1S/C11H13ClN2O3.C6H4Cl2N2O/c12-9-4-2-1-3-8(9)7-14-11(17)13-6-5-10(15)16;7-3-1-10-2-4(8)5(3)6(9)11/h1-4H,5-7H2,(H,15,16)(H2,13,14,17);1-2H,(H2,9,11). The molecule has 0 spiro atoms. The molecule has 8 nitrogen and oxygen atoms in total. The monoisotopic (exact) mass is 446 g/mol. The second kappa shape index (κ2) is 12.0. The molecule has 3 amide bonds. The molecule has 2 aromatic rings. The minimum absolute atomic E-state index is 0.0977. The number of aromatic nitrogens is 1. The Morgan fingerprint density at radius 3 is 2.11 bits per heavy atom. The van der Waals surface area contributed by atoms with E-state index in [1.165, 1.54) is 12.4 Å². The van der Waals surface area contributed by atoms with E-state index in [-0.39, 0.29) is 28.6 Å². The summed E-state index contributed by atoms with van der Waals surface area (Å²) >= 11 is 17.1. The zero-order valence-corrected chi connectivity index (χ0v) is 16.7. The second-order valence-corrected chi connectivity index (χ2v) is 6.41. The number of pyridine rings is 1. The Morgan fingerprint density at radius 2 is 1.61 bits per heavy atom. The van der Waals surface area contributed by atoms with Crippen molar-refractivity contribution in [3.05, 3.63) is 62.9 Å². The highest BCUT2D eigenvalue weighted by Gasteiger charge is 2.10. The number of halogens is 3. The summed E-state index contributed by atoms with van der Waals surface area (Å²) in [7, 11) is 0. The molecule has 1 aromatic carbocycles. The summed E-state index contributed by atoms with van der Waals surface area (Å²) in [6, 6.07) is 6.76. The third kappa shape index (κ3) is 8.43. The zero-order chi connectivity index (χ0) is 21.1. The van der Waals surface area contributed by atoms with Gasteiger partial charge in [-0.1, -0.05) is 53.0 Å². The molecule has 0 aliphatic carbocycles. The molecular formula is C17H17Cl3N4O4. The van der Waals surface area contributed by atoms with E-state index < -0.39 is 17.9 Å². The zero-order valence-electron chi connectivity index (χ0n) is 14.4. The molecule has 0 aliphatic heterocycles. The molecule has 0 radical (unpaired) electrons. The fourth-order valence-corrected chi connectivity index (χ4v) is 2.56. The smallest absolute Gasteiger partial charge is 0.315 e. The maximum atomic E-state index is 11.3. The van der Waals surface area contributed by atoms with E-state index in [1.807, 2.05) is 6.07 Å². The van der Waals surface area contributed by atoms with Gasteiger partial charge >= 0.3 is 12.0 Å². The number of primary amides is 1. The molecule has 0 bridgehead atoms. The molecule has 0 saturated heterocycles. The Kier molecular flexibility index (Phi) is 10.1. The van der Waals surface area contributed by atoms with Crippen LogP contribution in [0.2, 0.25) is 15.1 Å². The molecule has 1 heterocycles. The minimum Gasteiger partial charge on any atom is -0.481 e. The number of amides is 3. The van der Waals surface area contributed by atoms with Gasteiger partial charge in [0, 0.05) is 30.5 Å². The Balaban J connectivity index is 0.000000307. The van der Waals surface area contributed by atoms with Gasteiger partial charge in [0.2, 0.25) is 0 Å². The van der Waals surface area contributed by atoms with Crippen LogP contribution in [-0.2, 0) is 11.3 Å². The molecule has 0 aliphatic rings. The fraction of sp³-hybridized carbons (Fsp3) is 0.176. The summed E-state index contributed by atoms with van der Waals surface area (Å²) in [6.07, 6.45) is 2.53. The number of carbonyl (C=O) groups excluding carboxylic acids is 2. The highest BCUT2D eigenvalue weighted by molar-refractivity contribution is 6.39. The van der Waals surface area contributed by atoms with Crippen LogP contribution in [0.4, 0.5) is 4.79 Å². The van der Waals surface area contributed by atoms with Gasteiger partial charge < -0.3 is 21.5 Å². The van der Waals surface area contributed by atoms with Crippen molar-refractivity contribution in [2.75, 3.05) is 6.54 Å². The predicted molar refractivity (Wildman–Crippen MR) is 107 cm³/mol. The van der Waals surface area contributed by atoms with Crippen LogP contribution < -0.4 is 16.4 Å². The van der Waals surface area contributed by atoms with Crippen molar-refractivity contribution in [2.45, 2.75) is 13.0 Å². The van der Waals surface area contributed by atoms with Crippen LogP contribution in [0, 0.1) is 0 Å². The van der Waals surface area contributed by atoms with Crippen molar-refractivity contribution in [1.29, 1.82) is 0 Å². The lowest BCUT2D eigenvalue weighted by Crippen LogP contribution is -2.36. The largest absolute Gasteiger partial charge is 0.481 e. The Bertz CT molecular complexity index is 829. The summed E-state index contributed by atoms with van der Waals surface area (Å²) in [5.74, 6) is -1.60. The van der Waals surface area contributed by atoms with Gasteiger partial charge in [-0.3, -0.25) is 14.6 Å².